The number of rotatable bonds is 2. The Hall–Kier alpha value is -0.740. The van der Waals surface area contributed by atoms with Crippen LogP contribution < -0.4 is 5.32 Å². The van der Waals surface area contributed by atoms with Crippen molar-refractivity contribution in [1.82, 2.24) is 5.32 Å². The molecule has 1 N–H and O–H groups in total. The normalized spacial score (nSPS) is 34.5. The van der Waals surface area contributed by atoms with E-state index in [1.165, 1.54) is 6.07 Å². The van der Waals surface area contributed by atoms with E-state index in [0.717, 1.165) is 16.5 Å². The number of nitrogens with one attached hydrogen (secondary N) is 1. The molecule has 0 radical (unpaired) electrons. The van der Waals surface area contributed by atoms with E-state index in [4.69, 9.17) is 0 Å². The monoisotopic (exact) mass is 297 g/mol. The molecule has 0 spiro atoms. The Balaban J connectivity index is 1.97. The van der Waals surface area contributed by atoms with Crippen molar-refractivity contribution in [2.24, 2.45) is 5.92 Å². The fourth-order valence-electron chi connectivity index (χ4n) is 3.12. The zero-order chi connectivity index (χ0) is 12.2. The first kappa shape index (κ1) is 11.4. The topological polar surface area (TPSA) is 29.1 Å². The van der Waals surface area contributed by atoms with E-state index >= 15 is 0 Å². The Morgan fingerprint density at radius 2 is 2.35 bits per heavy atom. The lowest BCUT2D eigenvalue weighted by molar-refractivity contribution is -0.119. The Bertz CT molecular complexity index is 504. The van der Waals surface area contributed by atoms with Crippen LogP contribution in [-0.4, -0.2) is 18.4 Å². The van der Waals surface area contributed by atoms with Crippen molar-refractivity contribution < 1.29 is 9.18 Å². The SMILES string of the molecule is CC(=O)C1NC[C@@]2(c3cc(Br)ccc3F)C[C@@H]12. The molecule has 1 heterocycles. The molecule has 0 amide bonds. The molecule has 1 unspecified atom stereocenters. The summed E-state index contributed by atoms with van der Waals surface area (Å²) in [7, 11) is 0. The van der Waals surface area contributed by atoms with Crippen LogP contribution in [0.4, 0.5) is 4.39 Å². The summed E-state index contributed by atoms with van der Waals surface area (Å²) in [6, 6.07) is 4.95. The molecule has 2 nitrogen and oxygen atoms in total. The minimum atomic E-state index is -0.165. The molecule has 1 aliphatic heterocycles. The highest BCUT2D eigenvalue weighted by Gasteiger charge is 2.64. The van der Waals surface area contributed by atoms with Crippen molar-refractivity contribution in [2.75, 3.05) is 6.54 Å². The van der Waals surface area contributed by atoms with Crippen molar-refractivity contribution in [3.63, 3.8) is 0 Å². The van der Waals surface area contributed by atoms with Crippen molar-refractivity contribution in [1.29, 1.82) is 0 Å². The maximum Gasteiger partial charge on any atom is 0.146 e. The number of benzene rings is 1. The van der Waals surface area contributed by atoms with Gasteiger partial charge in [-0.3, -0.25) is 4.79 Å². The number of hydrogen-bond donors (Lipinski definition) is 1. The molecule has 3 rings (SSSR count). The Kier molecular flexibility index (Phi) is 2.42. The molecule has 0 bridgehead atoms. The molecule has 1 aromatic carbocycles. The van der Waals surface area contributed by atoms with Gasteiger partial charge in [-0.2, -0.15) is 0 Å². The second-order valence-corrected chi connectivity index (χ2v) is 5.98. The quantitative estimate of drug-likeness (QED) is 0.908. The second-order valence-electron chi connectivity index (χ2n) is 5.06. The van der Waals surface area contributed by atoms with E-state index in [9.17, 15) is 9.18 Å². The molecule has 4 heteroatoms. The molecule has 17 heavy (non-hydrogen) atoms. The Morgan fingerprint density at radius 1 is 1.59 bits per heavy atom. The summed E-state index contributed by atoms with van der Waals surface area (Å²) in [5, 5.41) is 3.21. The van der Waals surface area contributed by atoms with E-state index in [1.807, 2.05) is 6.07 Å². The zero-order valence-corrected chi connectivity index (χ0v) is 11.1. The molecule has 1 aliphatic carbocycles. The van der Waals surface area contributed by atoms with Crippen molar-refractivity contribution in [3.05, 3.63) is 34.1 Å². The third-order valence-corrected chi connectivity index (χ3v) is 4.57. The van der Waals surface area contributed by atoms with Crippen LogP contribution in [0.3, 0.4) is 0 Å². The van der Waals surface area contributed by atoms with E-state index in [0.29, 0.717) is 6.54 Å². The summed E-state index contributed by atoms with van der Waals surface area (Å²) < 4.78 is 14.8. The summed E-state index contributed by atoms with van der Waals surface area (Å²) >= 11 is 3.38. The molecule has 2 fully saturated rings. The van der Waals surface area contributed by atoms with Crippen molar-refractivity contribution in [3.8, 4) is 0 Å². The third kappa shape index (κ3) is 1.58. The van der Waals surface area contributed by atoms with E-state index in [1.54, 1.807) is 13.0 Å². The average molecular weight is 298 g/mol. The van der Waals surface area contributed by atoms with Gasteiger partial charge < -0.3 is 5.32 Å². The lowest BCUT2D eigenvalue weighted by atomic mass is 9.93. The zero-order valence-electron chi connectivity index (χ0n) is 9.47. The number of piperidine rings is 1. The van der Waals surface area contributed by atoms with Gasteiger partial charge in [0.05, 0.1) is 6.04 Å². The first-order valence-corrected chi connectivity index (χ1v) is 6.53. The molecule has 90 valence electrons. The summed E-state index contributed by atoms with van der Waals surface area (Å²) in [4.78, 5) is 11.4. The number of carbonyl (C=O) groups is 1. The summed E-state index contributed by atoms with van der Waals surface area (Å²) in [5.41, 5.74) is 0.595. The van der Waals surface area contributed by atoms with Crippen LogP contribution in [0, 0.1) is 11.7 Å². The van der Waals surface area contributed by atoms with E-state index in [2.05, 4.69) is 21.2 Å². The van der Waals surface area contributed by atoms with Gasteiger partial charge in [0.25, 0.3) is 0 Å². The maximum atomic E-state index is 13.9. The largest absolute Gasteiger partial charge is 0.306 e. The molecule has 2 aliphatic rings. The highest BCUT2D eigenvalue weighted by molar-refractivity contribution is 9.10. The molecule has 1 saturated carbocycles. The fraction of sp³-hybridized carbons (Fsp3) is 0.462. The molecule has 0 aromatic heterocycles. The lowest BCUT2D eigenvalue weighted by Crippen LogP contribution is -2.33. The highest BCUT2D eigenvalue weighted by atomic mass is 79.9. The number of fused-ring (bicyclic) bond motifs is 1. The van der Waals surface area contributed by atoms with Gasteiger partial charge in [0.1, 0.15) is 11.6 Å². The van der Waals surface area contributed by atoms with E-state index < -0.39 is 0 Å². The third-order valence-electron chi connectivity index (χ3n) is 4.08. The van der Waals surface area contributed by atoms with Crippen LogP contribution in [-0.2, 0) is 10.2 Å². The number of ketones is 1. The fourth-order valence-corrected chi connectivity index (χ4v) is 3.48. The van der Waals surface area contributed by atoms with Crippen LogP contribution in [0.2, 0.25) is 0 Å². The number of Topliss-reactive ketones (excluding diaryl/α,β-unsaturated/α-hetero) is 1. The predicted molar refractivity (Wildman–Crippen MR) is 66.4 cm³/mol. The standard InChI is InChI=1S/C13H13BrFNO/c1-7(17)12-10-5-13(10,6-16-12)9-4-8(14)2-3-11(9)15/h2-4,10,12,16H,5-6H2,1H3/t10-,12?,13+/m0/s1. The average Bonchev–Trinajstić information content (AvgIpc) is 2.88. The van der Waals surface area contributed by atoms with Gasteiger partial charge in [-0.25, -0.2) is 4.39 Å². The van der Waals surface area contributed by atoms with E-state index in [-0.39, 0.29) is 29.0 Å². The molecule has 3 atom stereocenters. The first-order valence-electron chi connectivity index (χ1n) is 5.74. The van der Waals surface area contributed by atoms with Gasteiger partial charge >= 0.3 is 0 Å². The second kappa shape index (κ2) is 3.62. The van der Waals surface area contributed by atoms with Gasteiger partial charge in [0.15, 0.2) is 0 Å². The van der Waals surface area contributed by atoms with Crippen LogP contribution in [0.1, 0.15) is 18.9 Å². The summed E-state index contributed by atoms with van der Waals surface area (Å²) in [6.07, 6.45) is 0.914. The predicted octanol–water partition coefficient (Wildman–Crippen LogP) is 2.41. The van der Waals surface area contributed by atoms with Crippen molar-refractivity contribution in [2.45, 2.75) is 24.8 Å². The van der Waals surface area contributed by atoms with Crippen molar-refractivity contribution >= 4 is 21.7 Å². The lowest BCUT2D eigenvalue weighted by Gasteiger charge is -2.13. The Labute approximate surface area is 108 Å². The minimum Gasteiger partial charge on any atom is -0.306 e. The Morgan fingerprint density at radius 3 is 2.94 bits per heavy atom. The van der Waals surface area contributed by atoms with Crippen LogP contribution in [0.15, 0.2) is 22.7 Å². The summed E-state index contributed by atoms with van der Waals surface area (Å²) in [5.74, 6) is 0.260. The summed E-state index contributed by atoms with van der Waals surface area (Å²) in [6.45, 7) is 2.30. The number of carbonyl (C=O) groups excluding carboxylic acids is 1. The first-order chi connectivity index (χ1) is 8.04. The van der Waals surface area contributed by atoms with Crippen LogP contribution in [0.5, 0.6) is 0 Å². The molecular formula is C13H13BrFNO. The van der Waals surface area contributed by atoms with Gasteiger partial charge in [-0.05, 0) is 43.0 Å². The van der Waals surface area contributed by atoms with Crippen LogP contribution >= 0.6 is 15.9 Å². The minimum absolute atomic E-state index is 0.0895. The van der Waals surface area contributed by atoms with Gasteiger partial charge in [0, 0.05) is 16.4 Å². The van der Waals surface area contributed by atoms with Gasteiger partial charge in [-0.15, -0.1) is 0 Å². The smallest absolute Gasteiger partial charge is 0.146 e. The molecule has 1 aromatic rings. The van der Waals surface area contributed by atoms with Gasteiger partial charge in [-0.1, -0.05) is 15.9 Å². The van der Waals surface area contributed by atoms with Crippen LogP contribution in [0.25, 0.3) is 0 Å². The number of halogens is 2. The molecular weight excluding hydrogens is 285 g/mol. The van der Waals surface area contributed by atoms with Gasteiger partial charge in [0.2, 0.25) is 0 Å². The highest BCUT2D eigenvalue weighted by Crippen LogP contribution is 2.59. The number of hydrogen-bond acceptors (Lipinski definition) is 2. The molecule has 1 saturated heterocycles. The maximum absolute atomic E-state index is 13.9.